The van der Waals surface area contributed by atoms with Crippen LogP contribution in [0.25, 0.3) is 0 Å². The number of rotatable bonds is 5. The largest absolute Gasteiger partial charge is 0.488 e. The van der Waals surface area contributed by atoms with E-state index in [4.69, 9.17) is 4.74 Å². The lowest BCUT2D eigenvalue weighted by Crippen LogP contribution is -2.37. The molecule has 1 saturated carbocycles. The molecule has 1 fully saturated rings. The van der Waals surface area contributed by atoms with Gasteiger partial charge in [-0.1, -0.05) is 57.5 Å². The monoisotopic (exact) mass is 394 g/mol. The fourth-order valence-corrected chi connectivity index (χ4v) is 4.00. The predicted molar refractivity (Wildman–Crippen MR) is 115 cm³/mol. The summed E-state index contributed by atoms with van der Waals surface area (Å²) in [4.78, 5) is 24.6. The molecule has 154 valence electrons. The Hall–Kier alpha value is -2.82. The second kappa shape index (κ2) is 9.59. The number of ether oxygens (including phenoxy) is 1. The highest BCUT2D eigenvalue weighted by atomic mass is 16.5. The molecule has 1 aliphatic carbocycles. The summed E-state index contributed by atoms with van der Waals surface area (Å²) in [7, 11) is 0. The lowest BCUT2D eigenvalue weighted by Gasteiger charge is -2.37. The molecular formula is C24H30N2O3. The summed E-state index contributed by atoms with van der Waals surface area (Å²) < 4.78 is 6.39. The number of hydrogen-bond acceptors (Lipinski definition) is 3. The van der Waals surface area contributed by atoms with Crippen LogP contribution >= 0.6 is 0 Å². The van der Waals surface area contributed by atoms with E-state index in [1.165, 1.54) is 6.42 Å². The number of anilines is 1. The molecule has 1 aliphatic rings. The summed E-state index contributed by atoms with van der Waals surface area (Å²) in [6.07, 6.45) is 3.52. The fourth-order valence-electron chi connectivity index (χ4n) is 4.00. The Morgan fingerprint density at radius 1 is 1.00 bits per heavy atom. The Kier molecular flexibility index (Phi) is 6.91. The van der Waals surface area contributed by atoms with E-state index in [9.17, 15) is 9.59 Å². The molecule has 5 nitrogen and oxygen atoms in total. The molecule has 0 spiro atoms. The van der Waals surface area contributed by atoms with Crippen molar-refractivity contribution in [2.24, 2.45) is 17.8 Å². The van der Waals surface area contributed by atoms with E-state index in [-0.39, 0.29) is 6.10 Å². The first-order chi connectivity index (χ1) is 13.9. The van der Waals surface area contributed by atoms with Crippen molar-refractivity contribution in [3.05, 3.63) is 60.2 Å². The third-order valence-corrected chi connectivity index (χ3v) is 5.64. The second-order valence-corrected chi connectivity index (χ2v) is 8.25. The number of nitrogens with one attached hydrogen (secondary N) is 2. The van der Waals surface area contributed by atoms with Crippen molar-refractivity contribution in [2.75, 3.05) is 5.32 Å². The average molecular weight is 395 g/mol. The molecule has 3 rings (SSSR count). The van der Waals surface area contributed by atoms with Gasteiger partial charge in [0.2, 0.25) is 0 Å². The number of carbonyl (C=O) groups excluding carboxylic acids is 2. The molecule has 3 amide bonds. The molecule has 0 radical (unpaired) electrons. The molecule has 0 aromatic heterocycles. The lowest BCUT2D eigenvalue weighted by atomic mass is 9.75. The summed E-state index contributed by atoms with van der Waals surface area (Å²) in [5.74, 6) is 1.86. The number of carbonyl (C=O) groups is 2. The van der Waals surface area contributed by atoms with Crippen LogP contribution in [0.4, 0.5) is 10.5 Å². The van der Waals surface area contributed by atoms with Gasteiger partial charge in [0.1, 0.15) is 11.9 Å². The van der Waals surface area contributed by atoms with Crippen LogP contribution in [-0.4, -0.2) is 18.0 Å². The molecule has 0 aliphatic heterocycles. The van der Waals surface area contributed by atoms with E-state index in [1.54, 1.807) is 30.3 Å². The molecule has 0 heterocycles. The van der Waals surface area contributed by atoms with Gasteiger partial charge in [-0.2, -0.15) is 0 Å². The summed E-state index contributed by atoms with van der Waals surface area (Å²) in [5.41, 5.74) is 0.995. The summed E-state index contributed by atoms with van der Waals surface area (Å²) in [5, 5.41) is 5.13. The van der Waals surface area contributed by atoms with Crippen molar-refractivity contribution < 1.29 is 14.3 Å². The Bertz CT molecular complexity index is 835. The summed E-state index contributed by atoms with van der Waals surface area (Å²) >= 11 is 0. The predicted octanol–water partition coefficient (Wildman–Crippen LogP) is 5.49. The fraction of sp³-hybridized carbons (Fsp3) is 0.417. The van der Waals surface area contributed by atoms with Gasteiger partial charge in [0.15, 0.2) is 0 Å². The zero-order valence-corrected chi connectivity index (χ0v) is 17.4. The van der Waals surface area contributed by atoms with Gasteiger partial charge in [-0.25, -0.2) is 4.79 Å². The van der Waals surface area contributed by atoms with E-state index in [2.05, 4.69) is 31.4 Å². The molecule has 3 unspecified atom stereocenters. The molecular weight excluding hydrogens is 364 g/mol. The SMILES string of the molecule is CC1CCC(C(C)C)C(Oc2ccccc2NC(=O)NC(=O)c2ccccc2)C1. The standard InChI is InChI=1S/C24H30N2O3/c1-16(2)19-14-13-17(3)15-22(19)29-21-12-8-7-11-20(21)25-24(28)26-23(27)18-9-5-4-6-10-18/h4-12,16-17,19,22H,13-15H2,1-3H3,(H2,25,26,27,28). The van der Waals surface area contributed by atoms with Crippen molar-refractivity contribution in [2.45, 2.75) is 46.1 Å². The van der Waals surface area contributed by atoms with Crippen LogP contribution in [0, 0.1) is 17.8 Å². The number of amides is 3. The van der Waals surface area contributed by atoms with Gasteiger partial charge in [0, 0.05) is 5.56 Å². The Morgan fingerprint density at radius 2 is 1.69 bits per heavy atom. The number of hydrogen-bond donors (Lipinski definition) is 2. The van der Waals surface area contributed by atoms with Crippen molar-refractivity contribution >= 4 is 17.6 Å². The maximum absolute atomic E-state index is 12.4. The molecule has 0 bridgehead atoms. The van der Waals surface area contributed by atoms with E-state index < -0.39 is 11.9 Å². The summed E-state index contributed by atoms with van der Waals surface area (Å²) in [6, 6.07) is 15.5. The second-order valence-electron chi connectivity index (χ2n) is 8.25. The first kappa shape index (κ1) is 20.9. The van der Waals surface area contributed by atoms with E-state index in [0.29, 0.717) is 34.8 Å². The number of imide groups is 1. The van der Waals surface area contributed by atoms with Crippen LogP contribution in [-0.2, 0) is 0 Å². The van der Waals surface area contributed by atoms with Crippen LogP contribution in [0.2, 0.25) is 0 Å². The van der Waals surface area contributed by atoms with Crippen LogP contribution in [0.1, 0.15) is 50.4 Å². The number of benzene rings is 2. The number of urea groups is 1. The van der Waals surface area contributed by atoms with Crippen LogP contribution in [0.15, 0.2) is 54.6 Å². The zero-order chi connectivity index (χ0) is 20.8. The van der Waals surface area contributed by atoms with Gasteiger partial charge in [0.05, 0.1) is 5.69 Å². The van der Waals surface area contributed by atoms with Crippen LogP contribution in [0.5, 0.6) is 5.75 Å². The van der Waals surface area contributed by atoms with Crippen molar-refractivity contribution in [3.8, 4) is 5.75 Å². The third kappa shape index (κ3) is 5.59. The quantitative estimate of drug-likeness (QED) is 0.705. The Morgan fingerprint density at radius 3 is 2.41 bits per heavy atom. The van der Waals surface area contributed by atoms with Crippen LogP contribution in [0.3, 0.4) is 0 Å². The molecule has 2 aromatic carbocycles. The first-order valence-corrected chi connectivity index (χ1v) is 10.4. The van der Waals surface area contributed by atoms with E-state index >= 15 is 0 Å². The molecule has 2 N–H and O–H groups in total. The molecule has 5 heteroatoms. The number of para-hydroxylation sites is 2. The van der Waals surface area contributed by atoms with Gasteiger partial charge in [0.25, 0.3) is 5.91 Å². The minimum Gasteiger partial charge on any atom is -0.488 e. The molecule has 3 atom stereocenters. The van der Waals surface area contributed by atoms with Crippen molar-refractivity contribution in [3.63, 3.8) is 0 Å². The minimum atomic E-state index is -0.577. The highest BCUT2D eigenvalue weighted by Gasteiger charge is 2.32. The average Bonchev–Trinajstić information content (AvgIpc) is 2.70. The minimum absolute atomic E-state index is 0.121. The van der Waals surface area contributed by atoms with Crippen molar-refractivity contribution in [1.29, 1.82) is 0 Å². The highest BCUT2D eigenvalue weighted by molar-refractivity contribution is 6.08. The topological polar surface area (TPSA) is 67.4 Å². The van der Waals surface area contributed by atoms with Gasteiger partial charge in [-0.05, 0) is 54.9 Å². The van der Waals surface area contributed by atoms with Gasteiger partial charge in [-0.3, -0.25) is 10.1 Å². The first-order valence-electron chi connectivity index (χ1n) is 10.4. The Balaban J connectivity index is 1.68. The molecule has 29 heavy (non-hydrogen) atoms. The maximum Gasteiger partial charge on any atom is 0.326 e. The van der Waals surface area contributed by atoms with Gasteiger partial charge >= 0.3 is 6.03 Å². The van der Waals surface area contributed by atoms with E-state index in [0.717, 1.165) is 12.8 Å². The third-order valence-electron chi connectivity index (χ3n) is 5.64. The lowest BCUT2D eigenvalue weighted by molar-refractivity contribution is 0.0465. The van der Waals surface area contributed by atoms with Crippen LogP contribution < -0.4 is 15.4 Å². The summed E-state index contributed by atoms with van der Waals surface area (Å²) in [6.45, 7) is 6.74. The maximum atomic E-state index is 12.4. The van der Waals surface area contributed by atoms with E-state index in [1.807, 2.05) is 24.3 Å². The van der Waals surface area contributed by atoms with Crippen molar-refractivity contribution in [1.82, 2.24) is 5.32 Å². The molecule has 2 aromatic rings. The molecule has 0 saturated heterocycles. The smallest absolute Gasteiger partial charge is 0.326 e. The normalized spacial score (nSPS) is 21.4. The highest BCUT2D eigenvalue weighted by Crippen LogP contribution is 2.37. The van der Waals surface area contributed by atoms with Gasteiger partial charge in [-0.15, -0.1) is 0 Å². The zero-order valence-electron chi connectivity index (χ0n) is 17.4. The van der Waals surface area contributed by atoms with Gasteiger partial charge < -0.3 is 10.1 Å². The Labute approximate surface area is 172 Å².